The normalized spacial score (nSPS) is 10.4. The van der Waals surface area contributed by atoms with Gasteiger partial charge in [0.05, 0.1) is 32.6 Å². The largest absolute Gasteiger partial charge is 0.493 e. The van der Waals surface area contributed by atoms with Gasteiger partial charge in [-0.15, -0.1) is 10.2 Å². The molecule has 0 spiro atoms. The van der Waals surface area contributed by atoms with E-state index in [-0.39, 0.29) is 11.7 Å². The van der Waals surface area contributed by atoms with Crippen molar-refractivity contribution in [1.29, 1.82) is 0 Å². The molecule has 10 heteroatoms. The lowest BCUT2D eigenvalue weighted by atomic mass is 10.2. The first kappa shape index (κ1) is 19.5. The van der Waals surface area contributed by atoms with Crippen LogP contribution in [-0.4, -0.2) is 48.2 Å². The van der Waals surface area contributed by atoms with Gasteiger partial charge in [0.25, 0.3) is 5.22 Å². The summed E-state index contributed by atoms with van der Waals surface area (Å²) in [6, 6.07) is 6.89. The highest BCUT2D eigenvalue weighted by atomic mass is 32.2. The molecule has 1 aromatic carbocycles. The number of rotatable bonds is 8. The molecule has 28 heavy (non-hydrogen) atoms. The Morgan fingerprint density at radius 2 is 1.89 bits per heavy atom. The smallest absolute Gasteiger partial charge is 0.277 e. The molecule has 0 saturated carbocycles. The number of nitrogens with zero attached hydrogens (tertiary/aromatic N) is 3. The van der Waals surface area contributed by atoms with Gasteiger partial charge in [-0.3, -0.25) is 9.78 Å². The van der Waals surface area contributed by atoms with Gasteiger partial charge in [-0.05, 0) is 12.1 Å². The maximum absolute atomic E-state index is 12.3. The third-order valence-corrected chi connectivity index (χ3v) is 4.41. The van der Waals surface area contributed by atoms with Gasteiger partial charge in [0.2, 0.25) is 17.5 Å². The van der Waals surface area contributed by atoms with Gasteiger partial charge >= 0.3 is 0 Å². The number of hydrogen-bond acceptors (Lipinski definition) is 9. The summed E-state index contributed by atoms with van der Waals surface area (Å²) in [5.74, 6) is 1.53. The van der Waals surface area contributed by atoms with E-state index < -0.39 is 0 Å². The third-order valence-electron chi connectivity index (χ3n) is 3.59. The van der Waals surface area contributed by atoms with Crippen molar-refractivity contribution in [1.82, 2.24) is 15.2 Å². The molecule has 0 aliphatic rings. The zero-order valence-corrected chi connectivity index (χ0v) is 16.3. The molecule has 0 saturated heterocycles. The second-order valence-electron chi connectivity index (χ2n) is 5.37. The lowest BCUT2D eigenvalue weighted by Crippen LogP contribution is -2.14. The second-order valence-corrected chi connectivity index (χ2v) is 6.29. The van der Waals surface area contributed by atoms with Crippen molar-refractivity contribution >= 4 is 23.4 Å². The average molecular weight is 402 g/mol. The van der Waals surface area contributed by atoms with Crippen LogP contribution in [0.1, 0.15) is 0 Å². The fourth-order valence-electron chi connectivity index (χ4n) is 2.35. The van der Waals surface area contributed by atoms with Crippen molar-refractivity contribution in [3.05, 3.63) is 36.7 Å². The number of anilines is 1. The SMILES string of the molecule is COc1cc(NC(=O)CSc2nnc(-c3cccnc3)o2)cc(OC)c1OC. The van der Waals surface area contributed by atoms with Crippen LogP contribution in [0.5, 0.6) is 17.2 Å². The number of benzene rings is 1. The molecular weight excluding hydrogens is 384 g/mol. The molecule has 0 unspecified atom stereocenters. The summed E-state index contributed by atoms with van der Waals surface area (Å²) >= 11 is 1.13. The van der Waals surface area contributed by atoms with Gasteiger partial charge < -0.3 is 23.9 Å². The topological polar surface area (TPSA) is 109 Å². The van der Waals surface area contributed by atoms with E-state index >= 15 is 0 Å². The van der Waals surface area contributed by atoms with E-state index in [0.29, 0.717) is 39.6 Å². The number of pyridine rings is 1. The van der Waals surface area contributed by atoms with Crippen molar-refractivity contribution in [3.63, 3.8) is 0 Å². The van der Waals surface area contributed by atoms with Crippen LogP contribution in [0, 0.1) is 0 Å². The Balaban J connectivity index is 1.63. The molecule has 0 atom stereocenters. The number of hydrogen-bond donors (Lipinski definition) is 1. The first-order chi connectivity index (χ1) is 13.6. The molecular formula is C18H18N4O5S. The maximum Gasteiger partial charge on any atom is 0.277 e. The summed E-state index contributed by atoms with van der Waals surface area (Å²) in [7, 11) is 4.53. The Kier molecular flexibility index (Phi) is 6.33. The minimum Gasteiger partial charge on any atom is -0.493 e. The van der Waals surface area contributed by atoms with Crippen LogP contribution in [0.4, 0.5) is 5.69 Å². The lowest BCUT2D eigenvalue weighted by Gasteiger charge is -2.14. The number of ether oxygens (including phenoxy) is 3. The van der Waals surface area contributed by atoms with E-state index in [1.807, 2.05) is 6.07 Å². The monoisotopic (exact) mass is 402 g/mol. The van der Waals surface area contributed by atoms with Gasteiger partial charge in [-0.1, -0.05) is 11.8 Å². The van der Waals surface area contributed by atoms with E-state index in [1.54, 1.807) is 30.6 Å². The predicted molar refractivity (Wildman–Crippen MR) is 103 cm³/mol. The quantitative estimate of drug-likeness (QED) is 0.569. The number of thioether (sulfide) groups is 1. The van der Waals surface area contributed by atoms with E-state index in [9.17, 15) is 4.79 Å². The van der Waals surface area contributed by atoms with Crippen LogP contribution in [0.2, 0.25) is 0 Å². The minimum atomic E-state index is -0.250. The maximum atomic E-state index is 12.3. The summed E-state index contributed by atoms with van der Waals surface area (Å²) in [5.41, 5.74) is 1.23. The Bertz CT molecular complexity index is 923. The zero-order valence-electron chi connectivity index (χ0n) is 15.5. The average Bonchev–Trinajstić information content (AvgIpc) is 3.21. The first-order valence-electron chi connectivity index (χ1n) is 8.11. The van der Waals surface area contributed by atoms with Crippen LogP contribution in [0.25, 0.3) is 11.5 Å². The molecule has 0 radical (unpaired) electrons. The Morgan fingerprint density at radius 1 is 1.14 bits per heavy atom. The number of nitrogens with one attached hydrogen (secondary N) is 1. The standard InChI is InChI=1S/C18H18N4O5S/c1-24-13-7-12(8-14(25-2)16(13)26-3)20-15(23)10-28-18-22-21-17(27-18)11-5-4-6-19-9-11/h4-9H,10H2,1-3H3,(H,20,23). The third kappa shape index (κ3) is 4.52. The molecule has 146 valence electrons. The Morgan fingerprint density at radius 3 is 2.50 bits per heavy atom. The van der Waals surface area contributed by atoms with Gasteiger partial charge in [0.1, 0.15) is 0 Å². The fourth-order valence-corrected chi connectivity index (χ4v) is 2.91. The minimum absolute atomic E-state index is 0.0886. The highest BCUT2D eigenvalue weighted by Crippen LogP contribution is 2.40. The first-order valence-corrected chi connectivity index (χ1v) is 9.09. The molecule has 3 aromatic rings. The molecule has 1 amide bonds. The molecule has 2 aromatic heterocycles. The highest BCUT2D eigenvalue weighted by molar-refractivity contribution is 7.99. The van der Waals surface area contributed by atoms with Crippen molar-refractivity contribution in [2.45, 2.75) is 5.22 Å². The highest BCUT2D eigenvalue weighted by Gasteiger charge is 2.15. The Labute approximate surface area is 165 Å². The molecule has 1 N–H and O–H groups in total. The van der Waals surface area contributed by atoms with Gasteiger partial charge in [0.15, 0.2) is 11.5 Å². The number of carbonyl (C=O) groups excluding carboxylic acids is 1. The lowest BCUT2D eigenvalue weighted by molar-refractivity contribution is -0.113. The van der Waals surface area contributed by atoms with E-state index in [2.05, 4.69) is 20.5 Å². The zero-order chi connectivity index (χ0) is 19.9. The van der Waals surface area contributed by atoms with E-state index in [1.165, 1.54) is 21.3 Å². The van der Waals surface area contributed by atoms with Gasteiger partial charge in [-0.2, -0.15) is 0 Å². The van der Waals surface area contributed by atoms with Crippen molar-refractivity contribution in [3.8, 4) is 28.7 Å². The summed E-state index contributed by atoms with van der Waals surface area (Å²) < 4.78 is 21.4. The van der Waals surface area contributed by atoms with Gasteiger partial charge in [0, 0.05) is 30.2 Å². The van der Waals surface area contributed by atoms with Crippen LogP contribution in [-0.2, 0) is 4.79 Å². The summed E-state index contributed by atoms with van der Waals surface area (Å²) in [4.78, 5) is 16.3. The molecule has 0 bridgehead atoms. The van der Waals surface area contributed by atoms with E-state index in [0.717, 1.165) is 11.8 Å². The summed E-state index contributed by atoms with van der Waals surface area (Å²) in [6.45, 7) is 0. The number of methoxy groups -OCH3 is 3. The van der Waals surface area contributed by atoms with Crippen LogP contribution >= 0.6 is 11.8 Å². The summed E-state index contributed by atoms with van der Waals surface area (Å²) in [5, 5.41) is 11.0. The number of carbonyl (C=O) groups is 1. The van der Waals surface area contributed by atoms with Crippen LogP contribution in [0.3, 0.4) is 0 Å². The molecule has 0 fully saturated rings. The Hall–Kier alpha value is -3.27. The van der Waals surface area contributed by atoms with Crippen molar-refractivity contribution < 1.29 is 23.4 Å². The van der Waals surface area contributed by atoms with Crippen LogP contribution in [0.15, 0.2) is 46.3 Å². The second kappa shape index (κ2) is 9.09. The number of amides is 1. The molecule has 0 aliphatic heterocycles. The van der Waals surface area contributed by atoms with Crippen LogP contribution < -0.4 is 19.5 Å². The van der Waals surface area contributed by atoms with E-state index in [4.69, 9.17) is 18.6 Å². The summed E-state index contributed by atoms with van der Waals surface area (Å²) in [6.07, 6.45) is 3.28. The van der Waals surface area contributed by atoms with Crippen molar-refractivity contribution in [2.24, 2.45) is 0 Å². The number of aromatic nitrogens is 3. The molecule has 9 nitrogen and oxygen atoms in total. The molecule has 3 rings (SSSR count). The predicted octanol–water partition coefficient (Wildman–Crippen LogP) is 2.89. The fraction of sp³-hybridized carbons (Fsp3) is 0.222. The van der Waals surface area contributed by atoms with Gasteiger partial charge in [-0.25, -0.2) is 0 Å². The molecule has 2 heterocycles. The molecule has 0 aliphatic carbocycles. The van der Waals surface area contributed by atoms with Crippen molar-refractivity contribution in [2.75, 3.05) is 32.4 Å².